The summed E-state index contributed by atoms with van der Waals surface area (Å²) in [6, 6.07) is 12.4. The maximum absolute atomic E-state index is 11.1. The van der Waals surface area contributed by atoms with Crippen LogP contribution in [0.4, 0.5) is 5.69 Å². The Morgan fingerprint density at radius 2 is 2.05 bits per heavy atom. The van der Waals surface area contributed by atoms with Crippen molar-refractivity contribution >= 4 is 23.4 Å². The van der Waals surface area contributed by atoms with Crippen LogP contribution in [-0.2, 0) is 0 Å². The van der Waals surface area contributed by atoms with E-state index in [1.165, 1.54) is 11.6 Å². The first-order chi connectivity index (χ1) is 10.1. The molecule has 0 aliphatic carbocycles. The van der Waals surface area contributed by atoms with Gasteiger partial charge in [-0.05, 0) is 36.8 Å². The monoisotopic (exact) mass is 303 g/mol. The first-order valence-electron chi connectivity index (χ1n) is 6.52. The summed E-state index contributed by atoms with van der Waals surface area (Å²) < 4.78 is 5.56. The molecular formula is C16H17NO3S. The van der Waals surface area contributed by atoms with Crippen molar-refractivity contribution in [3.63, 3.8) is 0 Å². The second-order valence-electron chi connectivity index (χ2n) is 4.52. The molecule has 2 aromatic carbocycles. The van der Waals surface area contributed by atoms with Gasteiger partial charge in [-0.25, -0.2) is 4.79 Å². The molecule has 0 amide bonds. The molecule has 3 N–H and O–H groups in total. The minimum atomic E-state index is -0.982. The highest BCUT2D eigenvalue weighted by molar-refractivity contribution is 7.99. The first-order valence-corrected chi connectivity index (χ1v) is 7.50. The van der Waals surface area contributed by atoms with E-state index in [1.807, 2.05) is 25.1 Å². The third kappa shape index (κ3) is 4.16. The quantitative estimate of drug-likeness (QED) is 0.486. The van der Waals surface area contributed by atoms with Crippen LogP contribution in [0.15, 0.2) is 47.4 Å². The number of carboxylic acid groups (broad SMARTS) is 1. The Hall–Kier alpha value is -2.14. The van der Waals surface area contributed by atoms with E-state index < -0.39 is 5.97 Å². The highest BCUT2D eigenvalue weighted by atomic mass is 32.2. The van der Waals surface area contributed by atoms with Gasteiger partial charge in [-0.2, -0.15) is 0 Å². The zero-order chi connectivity index (χ0) is 15.2. The molecule has 0 spiro atoms. The average Bonchev–Trinajstić information content (AvgIpc) is 2.47. The number of aromatic carboxylic acids is 1. The molecule has 0 unspecified atom stereocenters. The van der Waals surface area contributed by atoms with Crippen molar-refractivity contribution in [3.05, 3.63) is 53.6 Å². The molecule has 0 aliphatic rings. The fraction of sp³-hybridized carbons (Fsp3) is 0.188. The van der Waals surface area contributed by atoms with Gasteiger partial charge in [0.05, 0.1) is 6.61 Å². The van der Waals surface area contributed by atoms with Crippen molar-refractivity contribution in [2.24, 2.45) is 0 Å². The third-order valence-electron chi connectivity index (χ3n) is 2.93. The van der Waals surface area contributed by atoms with Gasteiger partial charge in [0.15, 0.2) is 0 Å². The van der Waals surface area contributed by atoms with Gasteiger partial charge < -0.3 is 15.6 Å². The summed E-state index contributed by atoms with van der Waals surface area (Å²) in [6.07, 6.45) is 0. The fourth-order valence-corrected chi connectivity index (χ4v) is 2.75. The van der Waals surface area contributed by atoms with E-state index in [-0.39, 0.29) is 5.56 Å². The predicted molar refractivity (Wildman–Crippen MR) is 85.2 cm³/mol. The largest absolute Gasteiger partial charge is 0.492 e. The molecule has 0 fully saturated rings. The Morgan fingerprint density at radius 3 is 2.81 bits per heavy atom. The molecule has 0 heterocycles. The van der Waals surface area contributed by atoms with E-state index in [0.717, 1.165) is 16.3 Å². The Kier molecular flexibility index (Phi) is 5.11. The van der Waals surface area contributed by atoms with Crippen molar-refractivity contribution in [2.75, 3.05) is 18.1 Å². The lowest BCUT2D eigenvalue weighted by atomic mass is 10.2. The van der Waals surface area contributed by atoms with Gasteiger partial charge in [0, 0.05) is 16.3 Å². The lowest BCUT2D eigenvalue weighted by Gasteiger charge is -2.10. The molecular weight excluding hydrogens is 286 g/mol. The summed E-state index contributed by atoms with van der Waals surface area (Å²) in [5.41, 5.74) is 7.85. The minimum absolute atomic E-state index is 0.183. The molecule has 0 aliphatic heterocycles. The van der Waals surface area contributed by atoms with Crippen LogP contribution in [-0.4, -0.2) is 23.4 Å². The minimum Gasteiger partial charge on any atom is -0.492 e. The number of benzene rings is 2. The molecule has 5 heteroatoms. The van der Waals surface area contributed by atoms with Gasteiger partial charge >= 0.3 is 5.97 Å². The molecule has 2 aromatic rings. The van der Waals surface area contributed by atoms with Crippen LogP contribution >= 0.6 is 11.8 Å². The summed E-state index contributed by atoms with van der Waals surface area (Å²) in [6.45, 7) is 2.46. The summed E-state index contributed by atoms with van der Waals surface area (Å²) in [4.78, 5) is 12.2. The average molecular weight is 303 g/mol. The Bertz CT molecular complexity index is 643. The molecule has 2 rings (SSSR count). The van der Waals surface area contributed by atoms with Crippen molar-refractivity contribution in [2.45, 2.75) is 11.8 Å². The van der Waals surface area contributed by atoms with Gasteiger partial charge in [-0.15, -0.1) is 11.8 Å². The van der Waals surface area contributed by atoms with Crippen LogP contribution in [0.2, 0.25) is 0 Å². The standard InChI is InChI=1S/C16H17NO3S/c1-11-6-7-12(17)10-15(11)21-9-8-20-14-5-3-2-4-13(14)16(18)19/h2-7,10H,8-9,17H2,1H3,(H,18,19). The Balaban J connectivity index is 1.91. The number of nitrogens with two attached hydrogens (primary N) is 1. The molecule has 0 aromatic heterocycles. The number of nitrogen functional groups attached to an aromatic ring is 1. The van der Waals surface area contributed by atoms with Gasteiger partial charge in [0.25, 0.3) is 0 Å². The van der Waals surface area contributed by atoms with Gasteiger partial charge in [-0.1, -0.05) is 18.2 Å². The summed E-state index contributed by atoms with van der Waals surface area (Å²) in [5, 5.41) is 9.07. The smallest absolute Gasteiger partial charge is 0.339 e. The SMILES string of the molecule is Cc1ccc(N)cc1SCCOc1ccccc1C(=O)O. The van der Waals surface area contributed by atoms with E-state index >= 15 is 0 Å². The van der Waals surface area contributed by atoms with E-state index in [1.54, 1.807) is 30.0 Å². The number of thioether (sulfide) groups is 1. The summed E-state index contributed by atoms with van der Waals surface area (Å²) in [7, 11) is 0. The van der Waals surface area contributed by atoms with Crippen LogP contribution in [0.5, 0.6) is 5.75 Å². The number of aryl methyl sites for hydroxylation is 1. The number of para-hydroxylation sites is 1. The van der Waals surface area contributed by atoms with Gasteiger partial charge in [0.1, 0.15) is 11.3 Å². The van der Waals surface area contributed by atoms with Crippen LogP contribution in [0.1, 0.15) is 15.9 Å². The number of hydrogen-bond acceptors (Lipinski definition) is 4. The second kappa shape index (κ2) is 7.04. The summed E-state index contributed by atoms with van der Waals surface area (Å²) in [5.74, 6) is 0.137. The van der Waals surface area contributed by atoms with E-state index in [4.69, 9.17) is 15.6 Å². The van der Waals surface area contributed by atoms with Gasteiger partial charge in [0.2, 0.25) is 0 Å². The number of anilines is 1. The zero-order valence-electron chi connectivity index (χ0n) is 11.7. The first kappa shape index (κ1) is 15.3. The number of hydrogen-bond donors (Lipinski definition) is 2. The molecule has 0 saturated heterocycles. The van der Waals surface area contributed by atoms with E-state index in [9.17, 15) is 4.79 Å². The Labute approximate surface area is 127 Å². The molecule has 110 valence electrons. The zero-order valence-corrected chi connectivity index (χ0v) is 12.5. The maximum atomic E-state index is 11.1. The second-order valence-corrected chi connectivity index (χ2v) is 5.66. The van der Waals surface area contributed by atoms with Crippen molar-refractivity contribution in [3.8, 4) is 5.75 Å². The van der Waals surface area contributed by atoms with Gasteiger partial charge in [-0.3, -0.25) is 0 Å². The fourth-order valence-electron chi connectivity index (χ4n) is 1.84. The number of carbonyl (C=O) groups is 1. The molecule has 0 radical (unpaired) electrons. The lowest BCUT2D eigenvalue weighted by molar-refractivity contribution is 0.0692. The number of ether oxygens (including phenoxy) is 1. The van der Waals surface area contributed by atoms with Crippen LogP contribution < -0.4 is 10.5 Å². The predicted octanol–water partition coefficient (Wildman–Crippen LogP) is 3.45. The number of carboxylic acids is 1. The number of rotatable bonds is 6. The molecule has 21 heavy (non-hydrogen) atoms. The molecule has 0 bridgehead atoms. The molecule has 0 saturated carbocycles. The normalized spacial score (nSPS) is 10.3. The van der Waals surface area contributed by atoms with Crippen LogP contribution in [0.25, 0.3) is 0 Å². The highest BCUT2D eigenvalue weighted by Crippen LogP contribution is 2.25. The van der Waals surface area contributed by atoms with E-state index in [2.05, 4.69) is 0 Å². The molecule has 4 nitrogen and oxygen atoms in total. The molecule has 0 atom stereocenters. The topological polar surface area (TPSA) is 72.5 Å². The Morgan fingerprint density at radius 1 is 1.29 bits per heavy atom. The van der Waals surface area contributed by atoms with Crippen molar-refractivity contribution in [1.82, 2.24) is 0 Å². The highest BCUT2D eigenvalue weighted by Gasteiger charge is 2.09. The summed E-state index contributed by atoms with van der Waals surface area (Å²) >= 11 is 1.64. The maximum Gasteiger partial charge on any atom is 0.339 e. The lowest BCUT2D eigenvalue weighted by Crippen LogP contribution is -2.05. The van der Waals surface area contributed by atoms with Crippen molar-refractivity contribution < 1.29 is 14.6 Å². The van der Waals surface area contributed by atoms with Crippen LogP contribution in [0.3, 0.4) is 0 Å². The van der Waals surface area contributed by atoms with Crippen LogP contribution in [0, 0.1) is 6.92 Å². The van der Waals surface area contributed by atoms with E-state index in [0.29, 0.717) is 12.4 Å². The third-order valence-corrected chi connectivity index (χ3v) is 4.05. The van der Waals surface area contributed by atoms with Crippen molar-refractivity contribution in [1.29, 1.82) is 0 Å².